The molecule has 6 nitrogen and oxygen atoms in total. The lowest BCUT2D eigenvalue weighted by atomic mass is 10.1. The van der Waals surface area contributed by atoms with E-state index in [1.807, 2.05) is 36.4 Å². The number of hydrogen-bond acceptors (Lipinski definition) is 4. The van der Waals surface area contributed by atoms with Gasteiger partial charge in [-0.15, -0.1) is 0 Å². The van der Waals surface area contributed by atoms with Gasteiger partial charge in [0.25, 0.3) is 0 Å². The largest absolute Gasteiger partial charge is 0.343 e. The number of H-pyrrole nitrogens is 1. The van der Waals surface area contributed by atoms with Gasteiger partial charge in [-0.1, -0.05) is 30.3 Å². The molecule has 6 heteroatoms. The van der Waals surface area contributed by atoms with Crippen LogP contribution < -0.4 is 5.06 Å². The quantitative estimate of drug-likeness (QED) is 0.301. The smallest absolute Gasteiger partial charge is 0.178 e. The molecule has 3 N–H and O–H groups in total. The Labute approximate surface area is 131 Å². The van der Waals surface area contributed by atoms with Crippen molar-refractivity contribution in [3.63, 3.8) is 0 Å². The fraction of sp³-hybridized carbons (Fsp3) is 0. The molecule has 0 saturated carbocycles. The number of pyridine rings is 1. The van der Waals surface area contributed by atoms with Gasteiger partial charge in [0.1, 0.15) is 0 Å². The molecule has 4 rings (SSSR count). The Kier molecular flexibility index (Phi) is 3.03. The second-order valence-corrected chi connectivity index (χ2v) is 5.15. The number of hydroxylamine groups is 1. The predicted octanol–water partition coefficient (Wildman–Crippen LogP) is 3.33. The number of nitrogens with zero attached hydrogens (tertiary/aromatic N) is 3. The number of amidine groups is 1. The van der Waals surface area contributed by atoms with Crippen LogP contribution in [-0.4, -0.2) is 26.0 Å². The predicted molar refractivity (Wildman–Crippen MR) is 88.9 cm³/mol. The summed E-state index contributed by atoms with van der Waals surface area (Å²) in [7, 11) is 0. The SMILES string of the molecule is N=C(c1ccnc2nc[nH]c12)N(O)c1ccc2ccccc2c1. The highest BCUT2D eigenvalue weighted by Gasteiger charge is 2.16. The highest BCUT2D eigenvalue weighted by atomic mass is 16.5. The zero-order chi connectivity index (χ0) is 15.8. The zero-order valence-electron chi connectivity index (χ0n) is 12.1. The number of anilines is 1. The molecule has 23 heavy (non-hydrogen) atoms. The van der Waals surface area contributed by atoms with Crippen LogP contribution >= 0.6 is 0 Å². The molecule has 0 bridgehead atoms. The molecule has 0 aliphatic heterocycles. The van der Waals surface area contributed by atoms with Crippen LogP contribution in [0.1, 0.15) is 5.56 Å². The van der Waals surface area contributed by atoms with Crippen LogP contribution in [0.15, 0.2) is 61.1 Å². The first-order valence-corrected chi connectivity index (χ1v) is 7.09. The van der Waals surface area contributed by atoms with Crippen molar-refractivity contribution in [2.24, 2.45) is 0 Å². The number of aromatic nitrogens is 3. The maximum atomic E-state index is 10.5. The molecule has 0 fully saturated rings. The van der Waals surface area contributed by atoms with E-state index in [1.165, 1.54) is 6.33 Å². The van der Waals surface area contributed by atoms with Crippen LogP contribution in [0.25, 0.3) is 21.9 Å². The number of hydrogen-bond donors (Lipinski definition) is 3. The number of nitrogens with one attached hydrogen (secondary N) is 2. The number of rotatable bonds is 2. The van der Waals surface area contributed by atoms with E-state index in [1.54, 1.807) is 18.3 Å². The second kappa shape index (κ2) is 5.19. The summed E-state index contributed by atoms with van der Waals surface area (Å²) in [5.74, 6) is -0.0445. The lowest BCUT2D eigenvalue weighted by molar-refractivity contribution is 0.312. The molecule has 4 aromatic rings. The van der Waals surface area contributed by atoms with Crippen molar-refractivity contribution in [1.82, 2.24) is 15.0 Å². The van der Waals surface area contributed by atoms with Gasteiger partial charge < -0.3 is 4.98 Å². The molecule has 0 atom stereocenters. The van der Waals surface area contributed by atoms with Crippen LogP contribution in [0.5, 0.6) is 0 Å². The summed E-state index contributed by atoms with van der Waals surface area (Å²) < 4.78 is 0. The normalized spacial score (nSPS) is 11.0. The molecule has 112 valence electrons. The Morgan fingerprint density at radius 1 is 1.04 bits per heavy atom. The minimum Gasteiger partial charge on any atom is -0.343 e. The first-order valence-electron chi connectivity index (χ1n) is 7.09. The number of fused-ring (bicyclic) bond motifs is 2. The van der Waals surface area contributed by atoms with E-state index >= 15 is 0 Å². The van der Waals surface area contributed by atoms with E-state index in [0.29, 0.717) is 22.4 Å². The maximum Gasteiger partial charge on any atom is 0.178 e. The third-order valence-corrected chi connectivity index (χ3v) is 3.77. The zero-order valence-corrected chi connectivity index (χ0v) is 12.1. The summed E-state index contributed by atoms with van der Waals surface area (Å²) in [4.78, 5) is 11.1. The maximum absolute atomic E-state index is 10.5. The van der Waals surface area contributed by atoms with Crippen molar-refractivity contribution in [2.45, 2.75) is 0 Å². The molecule has 0 aliphatic carbocycles. The summed E-state index contributed by atoms with van der Waals surface area (Å²) in [6.07, 6.45) is 3.09. The molecule has 0 spiro atoms. The third-order valence-electron chi connectivity index (χ3n) is 3.77. The van der Waals surface area contributed by atoms with Crippen molar-refractivity contribution in [1.29, 1.82) is 5.41 Å². The summed E-state index contributed by atoms with van der Waals surface area (Å²) >= 11 is 0. The van der Waals surface area contributed by atoms with Crippen molar-refractivity contribution in [2.75, 3.05) is 5.06 Å². The summed E-state index contributed by atoms with van der Waals surface area (Å²) in [5, 5.41) is 21.7. The monoisotopic (exact) mass is 303 g/mol. The number of benzene rings is 2. The van der Waals surface area contributed by atoms with Crippen molar-refractivity contribution in [3.05, 3.63) is 66.6 Å². The summed E-state index contributed by atoms with van der Waals surface area (Å²) in [5.41, 5.74) is 2.19. The fourth-order valence-corrected chi connectivity index (χ4v) is 2.60. The molecule has 0 radical (unpaired) electrons. The van der Waals surface area contributed by atoms with Gasteiger partial charge in [-0.3, -0.25) is 10.6 Å². The van der Waals surface area contributed by atoms with E-state index in [0.717, 1.165) is 15.8 Å². The van der Waals surface area contributed by atoms with Crippen molar-refractivity contribution in [3.8, 4) is 0 Å². The van der Waals surface area contributed by atoms with E-state index in [-0.39, 0.29) is 5.84 Å². The lowest BCUT2D eigenvalue weighted by Crippen LogP contribution is -2.27. The summed E-state index contributed by atoms with van der Waals surface area (Å²) in [6, 6.07) is 15.1. The van der Waals surface area contributed by atoms with Gasteiger partial charge in [-0.2, -0.15) is 0 Å². The van der Waals surface area contributed by atoms with Gasteiger partial charge >= 0.3 is 0 Å². The van der Waals surface area contributed by atoms with E-state index in [2.05, 4.69) is 15.0 Å². The molecule has 2 aromatic heterocycles. The highest BCUT2D eigenvalue weighted by Crippen LogP contribution is 2.23. The lowest BCUT2D eigenvalue weighted by Gasteiger charge is -2.18. The standard InChI is InChI=1S/C17H13N5O/c18-16(14-7-8-19-17-15(14)20-10-21-17)22(23)13-6-5-11-3-1-2-4-12(11)9-13/h1-10,18,23H,(H,19,20,21). The second-order valence-electron chi connectivity index (χ2n) is 5.15. The van der Waals surface area contributed by atoms with Crippen LogP contribution in [0, 0.1) is 5.41 Å². The Morgan fingerprint density at radius 2 is 1.87 bits per heavy atom. The van der Waals surface area contributed by atoms with Crippen LogP contribution in [-0.2, 0) is 0 Å². The topological polar surface area (TPSA) is 88.9 Å². The van der Waals surface area contributed by atoms with Gasteiger partial charge in [0, 0.05) is 11.8 Å². The average Bonchev–Trinajstić information content (AvgIpc) is 3.08. The van der Waals surface area contributed by atoms with Gasteiger partial charge in [0.15, 0.2) is 11.5 Å². The molecular formula is C17H13N5O. The molecule has 2 aromatic carbocycles. The Balaban J connectivity index is 1.76. The molecule has 2 heterocycles. The van der Waals surface area contributed by atoms with E-state index in [9.17, 15) is 5.21 Å². The van der Waals surface area contributed by atoms with Crippen molar-refractivity contribution < 1.29 is 5.21 Å². The summed E-state index contributed by atoms with van der Waals surface area (Å²) in [6.45, 7) is 0. The fourth-order valence-electron chi connectivity index (χ4n) is 2.60. The van der Waals surface area contributed by atoms with Crippen LogP contribution in [0.3, 0.4) is 0 Å². The Bertz CT molecular complexity index is 1020. The average molecular weight is 303 g/mol. The van der Waals surface area contributed by atoms with E-state index in [4.69, 9.17) is 5.41 Å². The minimum absolute atomic E-state index is 0.0445. The van der Waals surface area contributed by atoms with E-state index < -0.39 is 0 Å². The van der Waals surface area contributed by atoms with Crippen molar-refractivity contribution >= 4 is 33.5 Å². The Hall–Kier alpha value is -3.25. The first-order chi connectivity index (χ1) is 11.2. The Morgan fingerprint density at radius 3 is 2.74 bits per heavy atom. The highest BCUT2D eigenvalue weighted by molar-refractivity contribution is 6.12. The molecular weight excluding hydrogens is 290 g/mol. The third kappa shape index (κ3) is 2.21. The molecule has 0 saturated heterocycles. The van der Waals surface area contributed by atoms with Gasteiger partial charge in [0.2, 0.25) is 0 Å². The number of imidazole rings is 1. The first kappa shape index (κ1) is 13.4. The molecule has 0 unspecified atom stereocenters. The minimum atomic E-state index is -0.0445. The van der Waals surface area contributed by atoms with Crippen LogP contribution in [0.4, 0.5) is 5.69 Å². The number of aromatic amines is 1. The molecule has 0 aliphatic rings. The van der Waals surface area contributed by atoms with Crippen LogP contribution in [0.2, 0.25) is 0 Å². The van der Waals surface area contributed by atoms with Gasteiger partial charge in [0.05, 0.1) is 17.5 Å². The van der Waals surface area contributed by atoms with Gasteiger partial charge in [-0.25, -0.2) is 15.0 Å². The molecule has 0 amide bonds. The van der Waals surface area contributed by atoms with Gasteiger partial charge in [-0.05, 0) is 29.0 Å².